The van der Waals surface area contributed by atoms with Crippen LogP contribution < -0.4 is 15.0 Å². The van der Waals surface area contributed by atoms with Gasteiger partial charge in [0.1, 0.15) is 11.8 Å². The number of benzene rings is 4. The van der Waals surface area contributed by atoms with E-state index in [1.54, 1.807) is 30.3 Å². The van der Waals surface area contributed by atoms with Gasteiger partial charge >= 0.3 is 5.97 Å². The van der Waals surface area contributed by atoms with Gasteiger partial charge in [0, 0.05) is 41.4 Å². The Kier molecular flexibility index (Phi) is 10.6. The van der Waals surface area contributed by atoms with Crippen LogP contribution in [-0.2, 0) is 20.7 Å². The molecular formula is C38H40N2O5. The number of ether oxygens (including phenoxy) is 2. The summed E-state index contributed by atoms with van der Waals surface area (Å²) < 4.78 is 11.1. The van der Waals surface area contributed by atoms with Gasteiger partial charge in [0.05, 0.1) is 13.7 Å². The van der Waals surface area contributed by atoms with Crippen molar-refractivity contribution in [1.82, 2.24) is 0 Å². The van der Waals surface area contributed by atoms with Crippen LogP contribution in [0.1, 0.15) is 52.7 Å². The van der Waals surface area contributed by atoms with Crippen LogP contribution in [0.5, 0.6) is 5.75 Å². The van der Waals surface area contributed by atoms with Gasteiger partial charge in [-0.05, 0) is 68.1 Å². The zero-order valence-electron chi connectivity index (χ0n) is 25.9. The molecule has 0 bridgehead atoms. The second kappa shape index (κ2) is 15.2. The van der Waals surface area contributed by atoms with Crippen molar-refractivity contribution >= 4 is 29.0 Å². The fourth-order valence-electron chi connectivity index (χ4n) is 5.41. The van der Waals surface area contributed by atoms with Gasteiger partial charge in [0.15, 0.2) is 5.78 Å². The molecule has 1 saturated carbocycles. The van der Waals surface area contributed by atoms with Crippen molar-refractivity contribution in [2.24, 2.45) is 5.92 Å². The fraction of sp³-hybridized carbons (Fsp3) is 0.289. The number of hydrogen-bond donors (Lipinski definition) is 1. The maximum absolute atomic E-state index is 13.2. The van der Waals surface area contributed by atoms with E-state index in [4.69, 9.17) is 9.47 Å². The van der Waals surface area contributed by atoms with Gasteiger partial charge in [-0.3, -0.25) is 9.59 Å². The Labute approximate surface area is 265 Å². The number of esters is 1. The van der Waals surface area contributed by atoms with Crippen LogP contribution in [-0.4, -0.2) is 44.0 Å². The summed E-state index contributed by atoms with van der Waals surface area (Å²) in [6.45, 7) is 3.11. The maximum Gasteiger partial charge on any atom is 0.328 e. The monoisotopic (exact) mass is 604 g/mol. The Morgan fingerprint density at radius 3 is 2.22 bits per heavy atom. The molecule has 45 heavy (non-hydrogen) atoms. The Morgan fingerprint density at radius 1 is 0.867 bits per heavy atom. The van der Waals surface area contributed by atoms with Crippen LogP contribution in [0.4, 0.5) is 11.4 Å². The molecule has 4 aromatic rings. The Hall–Kier alpha value is -4.91. The van der Waals surface area contributed by atoms with Gasteiger partial charge < -0.3 is 19.7 Å². The predicted octanol–water partition coefficient (Wildman–Crippen LogP) is 7.02. The number of amides is 1. The van der Waals surface area contributed by atoms with Crippen molar-refractivity contribution in [3.8, 4) is 5.75 Å². The van der Waals surface area contributed by atoms with E-state index in [0.29, 0.717) is 48.6 Å². The molecule has 0 radical (unpaired) electrons. The van der Waals surface area contributed by atoms with E-state index < -0.39 is 12.0 Å². The standard InChI is InChI=1S/C38H40N2O5/c1-27-16-20-31(21-17-27)40(37(42)30-12-8-13-30)24-9-25-45-32-22-18-28(19-23-32)26-35(38(43)44-2)39-34-15-7-6-14-33(34)36(41)29-10-4-3-5-11-29/h3-7,10-11,14-23,30,35,39H,8-9,12-13,24-26H2,1-2H3. The lowest BCUT2D eigenvalue weighted by atomic mass is 9.84. The van der Waals surface area contributed by atoms with Gasteiger partial charge in [-0.2, -0.15) is 0 Å². The van der Waals surface area contributed by atoms with E-state index in [9.17, 15) is 14.4 Å². The van der Waals surface area contributed by atoms with Crippen LogP contribution in [0.3, 0.4) is 0 Å². The lowest BCUT2D eigenvalue weighted by Gasteiger charge is -2.32. The predicted molar refractivity (Wildman–Crippen MR) is 177 cm³/mol. The third-order valence-corrected chi connectivity index (χ3v) is 8.25. The highest BCUT2D eigenvalue weighted by Gasteiger charge is 2.30. The van der Waals surface area contributed by atoms with Gasteiger partial charge in [0.2, 0.25) is 5.91 Å². The summed E-state index contributed by atoms with van der Waals surface area (Å²) in [5.41, 5.74) is 4.63. The minimum Gasteiger partial charge on any atom is -0.494 e. The summed E-state index contributed by atoms with van der Waals surface area (Å²) in [6.07, 6.45) is 4.11. The highest BCUT2D eigenvalue weighted by atomic mass is 16.5. The van der Waals surface area contributed by atoms with Crippen molar-refractivity contribution < 1.29 is 23.9 Å². The molecule has 0 saturated heterocycles. The molecule has 7 heteroatoms. The summed E-state index contributed by atoms with van der Waals surface area (Å²) in [4.78, 5) is 41.0. The number of carbonyl (C=O) groups excluding carboxylic acids is 3. The molecule has 1 aliphatic rings. The largest absolute Gasteiger partial charge is 0.494 e. The first kappa shape index (κ1) is 31.5. The average Bonchev–Trinajstić information content (AvgIpc) is 3.05. The number of para-hydroxylation sites is 1. The third kappa shape index (κ3) is 8.18. The topological polar surface area (TPSA) is 84.9 Å². The Balaban J connectivity index is 1.18. The number of anilines is 2. The molecule has 1 fully saturated rings. The maximum atomic E-state index is 13.2. The summed E-state index contributed by atoms with van der Waals surface area (Å²) >= 11 is 0. The third-order valence-electron chi connectivity index (χ3n) is 8.25. The molecule has 0 aromatic heterocycles. The van der Waals surface area contributed by atoms with Gasteiger partial charge in [-0.25, -0.2) is 4.79 Å². The number of carbonyl (C=O) groups is 3. The van der Waals surface area contributed by atoms with Crippen LogP contribution in [0, 0.1) is 12.8 Å². The molecule has 4 aromatic carbocycles. The first-order valence-corrected chi connectivity index (χ1v) is 15.6. The molecule has 1 amide bonds. The van der Waals surface area contributed by atoms with E-state index in [-0.39, 0.29) is 17.6 Å². The molecule has 0 spiro atoms. The fourth-order valence-corrected chi connectivity index (χ4v) is 5.41. The second-order valence-corrected chi connectivity index (χ2v) is 11.5. The highest BCUT2D eigenvalue weighted by molar-refractivity contribution is 6.12. The number of nitrogens with zero attached hydrogens (tertiary/aromatic N) is 1. The highest BCUT2D eigenvalue weighted by Crippen LogP contribution is 2.30. The quantitative estimate of drug-likeness (QED) is 0.0946. The first-order chi connectivity index (χ1) is 21.9. The zero-order chi connectivity index (χ0) is 31.6. The molecule has 1 aliphatic carbocycles. The Bertz CT molecular complexity index is 1580. The molecule has 1 N–H and O–H groups in total. The summed E-state index contributed by atoms with van der Waals surface area (Å²) in [6, 6.07) is 31.3. The summed E-state index contributed by atoms with van der Waals surface area (Å²) in [5, 5.41) is 3.25. The number of aryl methyl sites for hydroxylation is 1. The summed E-state index contributed by atoms with van der Waals surface area (Å²) in [5.74, 6) is 0.494. The smallest absolute Gasteiger partial charge is 0.328 e. The SMILES string of the molecule is COC(=O)C(Cc1ccc(OCCCN(C(=O)C2CCC2)c2ccc(C)cc2)cc1)Nc1ccccc1C(=O)c1ccccc1. The number of nitrogens with one attached hydrogen (secondary N) is 1. The zero-order valence-corrected chi connectivity index (χ0v) is 25.9. The van der Waals surface area contributed by atoms with E-state index in [1.807, 2.05) is 84.6 Å². The summed E-state index contributed by atoms with van der Waals surface area (Å²) in [7, 11) is 1.36. The van der Waals surface area contributed by atoms with Crippen LogP contribution in [0.15, 0.2) is 103 Å². The number of ketones is 1. The van der Waals surface area contributed by atoms with Gasteiger partial charge in [0.25, 0.3) is 0 Å². The van der Waals surface area contributed by atoms with Crippen molar-refractivity contribution in [3.05, 3.63) is 125 Å². The molecule has 232 valence electrons. The van der Waals surface area contributed by atoms with E-state index in [1.165, 1.54) is 12.7 Å². The average molecular weight is 605 g/mol. The van der Waals surface area contributed by atoms with E-state index >= 15 is 0 Å². The number of methoxy groups -OCH3 is 1. The van der Waals surface area contributed by atoms with Crippen molar-refractivity contribution in [2.45, 2.75) is 45.1 Å². The van der Waals surface area contributed by atoms with E-state index in [0.717, 1.165) is 30.5 Å². The van der Waals surface area contributed by atoms with Crippen LogP contribution in [0.25, 0.3) is 0 Å². The minimum absolute atomic E-state index is 0.126. The van der Waals surface area contributed by atoms with Gasteiger partial charge in [-0.1, -0.05) is 78.7 Å². The van der Waals surface area contributed by atoms with Crippen molar-refractivity contribution in [3.63, 3.8) is 0 Å². The first-order valence-electron chi connectivity index (χ1n) is 15.6. The molecular weight excluding hydrogens is 564 g/mol. The molecule has 7 nitrogen and oxygen atoms in total. The molecule has 5 rings (SSSR count). The van der Waals surface area contributed by atoms with Gasteiger partial charge in [-0.15, -0.1) is 0 Å². The molecule has 1 atom stereocenters. The van der Waals surface area contributed by atoms with Crippen molar-refractivity contribution in [1.29, 1.82) is 0 Å². The lowest BCUT2D eigenvalue weighted by Crippen LogP contribution is -2.40. The van der Waals surface area contributed by atoms with Crippen LogP contribution in [0.2, 0.25) is 0 Å². The number of hydrogen-bond acceptors (Lipinski definition) is 6. The van der Waals surface area contributed by atoms with Crippen LogP contribution >= 0.6 is 0 Å². The molecule has 0 aliphatic heterocycles. The second-order valence-electron chi connectivity index (χ2n) is 11.5. The molecule has 0 heterocycles. The number of rotatable bonds is 14. The normalized spacial score (nSPS) is 13.3. The van der Waals surface area contributed by atoms with E-state index in [2.05, 4.69) is 5.32 Å². The Morgan fingerprint density at radius 2 is 1.56 bits per heavy atom. The van der Waals surface area contributed by atoms with Crippen molar-refractivity contribution in [2.75, 3.05) is 30.5 Å². The minimum atomic E-state index is -0.701. The molecule has 1 unspecified atom stereocenters. The lowest BCUT2D eigenvalue weighted by molar-refractivity contribution is -0.141.